The van der Waals surface area contributed by atoms with E-state index in [0.29, 0.717) is 25.3 Å². The Morgan fingerprint density at radius 1 is 1.71 bits per heavy atom. The van der Waals surface area contributed by atoms with Crippen molar-refractivity contribution in [2.75, 3.05) is 5.73 Å². The molecule has 0 radical (unpaired) electrons. The molecule has 0 aliphatic heterocycles. The van der Waals surface area contributed by atoms with E-state index in [4.69, 9.17) is 16.6 Å². The molecule has 0 spiro atoms. The summed E-state index contributed by atoms with van der Waals surface area (Å²) >= 11 is 0. The maximum Gasteiger partial charge on any atom is 0.320 e. The zero-order valence-corrected chi connectivity index (χ0v) is 7.76. The molecule has 6 heteroatoms. The molecule has 0 unspecified atom stereocenters. The van der Waals surface area contributed by atoms with Crippen molar-refractivity contribution in [2.45, 2.75) is 25.4 Å². The van der Waals surface area contributed by atoms with Gasteiger partial charge in [-0.2, -0.15) is 0 Å². The van der Waals surface area contributed by atoms with Crippen LogP contribution in [-0.2, 0) is 11.3 Å². The SMILES string of the molecule is Nc1nccn1CCC[C@@H](N)C(=O)O. The van der Waals surface area contributed by atoms with Crippen LogP contribution in [0.15, 0.2) is 12.4 Å². The van der Waals surface area contributed by atoms with E-state index in [1.807, 2.05) is 0 Å². The van der Waals surface area contributed by atoms with Crippen molar-refractivity contribution in [3.8, 4) is 0 Å². The minimum atomic E-state index is -0.969. The third-order valence-corrected chi connectivity index (χ3v) is 1.98. The second-order valence-electron chi connectivity index (χ2n) is 3.07. The second kappa shape index (κ2) is 4.61. The number of rotatable bonds is 5. The topological polar surface area (TPSA) is 107 Å². The molecule has 1 aromatic heterocycles. The molecule has 0 fully saturated rings. The van der Waals surface area contributed by atoms with Crippen LogP contribution in [0, 0.1) is 0 Å². The first kappa shape index (κ1) is 10.5. The van der Waals surface area contributed by atoms with Crippen LogP contribution in [0.5, 0.6) is 0 Å². The number of nitrogen functional groups attached to an aromatic ring is 1. The van der Waals surface area contributed by atoms with Crippen LogP contribution in [0.2, 0.25) is 0 Å². The van der Waals surface area contributed by atoms with E-state index in [0.717, 1.165) is 0 Å². The maximum absolute atomic E-state index is 10.4. The Morgan fingerprint density at radius 2 is 2.43 bits per heavy atom. The molecule has 5 N–H and O–H groups in total. The van der Waals surface area contributed by atoms with Crippen molar-refractivity contribution >= 4 is 11.9 Å². The fourth-order valence-corrected chi connectivity index (χ4v) is 1.13. The summed E-state index contributed by atoms with van der Waals surface area (Å²) < 4.78 is 1.76. The summed E-state index contributed by atoms with van der Waals surface area (Å²) in [6.45, 7) is 0.646. The van der Waals surface area contributed by atoms with Crippen molar-refractivity contribution in [2.24, 2.45) is 5.73 Å². The molecular formula is C8H14N4O2. The predicted molar refractivity (Wildman–Crippen MR) is 51.5 cm³/mol. The zero-order chi connectivity index (χ0) is 10.6. The number of nitrogens with two attached hydrogens (primary N) is 2. The number of hydrogen-bond acceptors (Lipinski definition) is 4. The molecule has 0 saturated carbocycles. The summed E-state index contributed by atoms with van der Waals surface area (Å²) in [5.74, 6) is -0.530. The van der Waals surface area contributed by atoms with Crippen LogP contribution in [-0.4, -0.2) is 26.7 Å². The molecule has 0 aromatic carbocycles. The van der Waals surface area contributed by atoms with Gasteiger partial charge in [-0.3, -0.25) is 4.79 Å². The summed E-state index contributed by atoms with van der Waals surface area (Å²) in [5.41, 5.74) is 10.9. The van der Waals surface area contributed by atoms with Gasteiger partial charge in [-0.05, 0) is 12.8 Å². The normalized spacial score (nSPS) is 12.6. The highest BCUT2D eigenvalue weighted by Crippen LogP contribution is 2.03. The Bertz CT molecular complexity index is 310. The number of carboxylic acids is 1. The minimum Gasteiger partial charge on any atom is -0.480 e. The number of anilines is 1. The lowest BCUT2D eigenvalue weighted by atomic mass is 10.2. The largest absolute Gasteiger partial charge is 0.480 e. The van der Waals surface area contributed by atoms with Crippen LogP contribution < -0.4 is 11.5 Å². The van der Waals surface area contributed by atoms with E-state index in [-0.39, 0.29) is 0 Å². The van der Waals surface area contributed by atoms with E-state index in [9.17, 15) is 4.79 Å². The lowest BCUT2D eigenvalue weighted by molar-refractivity contribution is -0.138. The van der Waals surface area contributed by atoms with Crippen molar-refractivity contribution < 1.29 is 9.90 Å². The second-order valence-corrected chi connectivity index (χ2v) is 3.07. The number of carboxylic acid groups (broad SMARTS) is 1. The third-order valence-electron chi connectivity index (χ3n) is 1.98. The smallest absolute Gasteiger partial charge is 0.320 e. The number of aromatic nitrogens is 2. The van der Waals surface area contributed by atoms with Crippen molar-refractivity contribution in [3.63, 3.8) is 0 Å². The highest BCUT2D eigenvalue weighted by atomic mass is 16.4. The molecule has 1 heterocycles. The molecule has 14 heavy (non-hydrogen) atoms. The highest BCUT2D eigenvalue weighted by molar-refractivity contribution is 5.72. The molecule has 0 aliphatic rings. The van der Waals surface area contributed by atoms with Crippen LogP contribution in [0.1, 0.15) is 12.8 Å². The number of nitrogens with zero attached hydrogens (tertiary/aromatic N) is 2. The van der Waals surface area contributed by atoms with Gasteiger partial charge >= 0.3 is 5.97 Å². The fraction of sp³-hybridized carbons (Fsp3) is 0.500. The standard InChI is InChI=1S/C8H14N4O2/c9-6(7(13)14)2-1-4-12-5-3-11-8(12)10/h3,5-6H,1-2,4,9H2,(H2,10,11)(H,13,14)/t6-/m1/s1. The quantitative estimate of drug-likeness (QED) is 0.599. The fourth-order valence-electron chi connectivity index (χ4n) is 1.13. The molecule has 6 nitrogen and oxygen atoms in total. The number of hydrogen-bond donors (Lipinski definition) is 3. The van der Waals surface area contributed by atoms with Gasteiger partial charge in [0.15, 0.2) is 5.95 Å². The summed E-state index contributed by atoms with van der Waals surface area (Å²) in [4.78, 5) is 14.2. The molecule has 78 valence electrons. The lowest BCUT2D eigenvalue weighted by Crippen LogP contribution is -2.30. The predicted octanol–water partition coefficient (Wildman–Crippen LogP) is -0.343. The average molecular weight is 198 g/mol. The van der Waals surface area contributed by atoms with Gasteiger partial charge in [0.2, 0.25) is 0 Å². The van der Waals surface area contributed by atoms with Crippen LogP contribution in [0.25, 0.3) is 0 Å². The van der Waals surface area contributed by atoms with Crippen LogP contribution in [0.4, 0.5) is 5.95 Å². The average Bonchev–Trinajstić information content (AvgIpc) is 2.51. The molecule has 0 bridgehead atoms. The molecule has 1 aromatic rings. The van der Waals surface area contributed by atoms with Gasteiger partial charge in [-0.1, -0.05) is 0 Å². The summed E-state index contributed by atoms with van der Waals surface area (Å²) in [6.07, 6.45) is 4.47. The van der Waals surface area contributed by atoms with Crippen LogP contribution in [0.3, 0.4) is 0 Å². The van der Waals surface area contributed by atoms with Gasteiger partial charge in [-0.15, -0.1) is 0 Å². The van der Waals surface area contributed by atoms with Gasteiger partial charge in [0.25, 0.3) is 0 Å². The molecule has 0 aliphatic carbocycles. The third kappa shape index (κ3) is 2.74. The first-order valence-electron chi connectivity index (χ1n) is 4.36. The van der Waals surface area contributed by atoms with Gasteiger partial charge in [-0.25, -0.2) is 4.98 Å². The first-order valence-corrected chi connectivity index (χ1v) is 4.36. The molecule has 0 saturated heterocycles. The van der Waals surface area contributed by atoms with E-state index >= 15 is 0 Å². The zero-order valence-electron chi connectivity index (χ0n) is 7.76. The molecular weight excluding hydrogens is 184 g/mol. The van der Waals surface area contributed by atoms with Crippen LogP contribution >= 0.6 is 0 Å². The molecule has 1 rings (SSSR count). The van der Waals surface area contributed by atoms with Gasteiger partial charge in [0, 0.05) is 18.9 Å². The van der Waals surface area contributed by atoms with Gasteiger partial charge < -0.3 is 21.1 Å². The van der Waals surface area contributed by atoms with Crippen molar-refractivity contribution in [3.05, 3.63) is 12.4 Å². The summed E-state index contributed by atoms with van der Waals surface area (Å²) in [5, 5.41) is 8.52. The lowest BCUT2D eigenvalue weighted by Gasteiger charge is -2.07. The Morgan fingerprint density at radius 3 is 2.93 bits per heavy atom. The van der Waals surface area contributed by atoms with E-state index < -0.39 is 12.0 Å². The number of carbonyl (C=O) groups is 1. The van der Waals surface area contributed by atoms with Gasteiger partial charge in [0.05, 0.1) is 0 Å². The minimum absolute atomic E-state index is 0.437. The van der Waals surface area contributed by atoms with E-state index in [1.165, 1.54) is 0 Å². The number of aliphatic carboxylic acids is 1. The number of aryl methyl sites for hydroxylation is 1. The Kier molecular flexibility index (Phi) is 3.47. The monoisotopic (exact) mass is 198 g/mol. The summed E-state index contributed by atoms with van der Waals surface area (Å²) in [7, 11) is 0. The number of imidazole rings is 1. The summed E-state index contributed by atoms with van der Waals surface area (Å²) in [6, 6.07) is -0.792. The maximum atomic E-state index is 10.4. The Labute approximate surface area is 81.5 Å². The highest BCUT2D eigenvalue weighted by Gasteiger charge is 2.10. The Hall–Kier alpha value is -1.56. The van der Waals surface area contributed by atoms with E-state index in [1.54, 1.807) is 17.0 Å². The van der Waals surface area contributed by atoms with Crippen molar-refractivity contribution in [1.29, 1.82) is 0 Å². The Balaban J connectivity index is 2.29. The van der Waals surface area contributed by atoms with E-state index in [2.05, 4.69) is 4.98 Å². The first-order chi connectivity index (χ1) is 6.61. The van der Waals surface area contributed by atoms with Gasteiger partial charge in [0.1, 0.15) is 6.04 Å². The molecule has 1 atom stereocenters. The van der Waals surface area contributed by atoms with Crippen molar-refractivity contribution in [1.82, 2.24) is 9.55 Å². The molecule has 0 amide bonds.